The van der Waals surface area contributed by atoms with E-state index in [0.717, 1.165) is 30.3 Å². The Morgan fingerprint density at radius 1 is 1.32 bits per heavy atom. The SMILES string of the molecule is Cc1nccn1-c1cncc(N2C[C@@H](C(N)=O)CC[C@@H]2C)n1. The number of imidazole rings is 1. The predicted molar refractivity (Wildman–Crippen MR) is 82.6 cm³/mol. The van der Waals surface area contributed by atoms with E-state index in [1.54, 1.807) is 18.6 Å². The molecule has 2 atom stereocenters. The number of rotatable bonds is 3. The largest absolute Gasteiger partial charge is 0.369 e. The van der Waals surface area contributed by atoms with Gasteiger partial charge in [-0.2, -0.15) is 0 Å². The molecule has 2 aromatic rings. The summed E-state index contributed by atoms with van der Waals surface area (Å²) in [5.74, 6) is 1.97. The Labute approximate surface area is 129 Å². The lowest BCUT2D eigenvalue weighted by molar-refractivity contribution is -0.122. The molecule has 0 bridgehead atoms. The zero-order valence-corrected chi connectivity index (χ0v) is 12.8. The molecular formula is C15H20N6O. The van der Waals surface area contributed by atoms with Gasteiger partial charge < -0.3 is 10.6 Å². The number of primary amides is 1. The molecule has 0 unspecified atom stereocenters. The second-order valence-electron chi connectivity index (χ2n) is 5.76. The minimum atomic E-state index is -0.244. The molecule has 3 rings (SSSR count). The van der Waals surface area contributed by atoms with Crippen LogP contribution in [0.3, 0.4) is 0 Å². The van der Waals surface area contributed by atoms with Crippen LogP contribution in [0.15, 0.2) is 24.8 Å². The number of hydrogen-bond donors (Lipinski definition) is 1. The van der Waals surface area contributed by atoms with Crippen LogP contribution in [-0.2, 0) is 4.79 Å². The summed E-state index contributed by atoms with van der Waals surface area (Å²) in [5, 5.41) is 0. The summed E-state index contributed by atoms with van der Waals surface area (Å²) in [6.45, 7) is 4.65. The van der Waals surface area contributed by atoms with Crippen LogP contribution in [0.1, 0.15) is 25.6 Å². The number of hydrogen-bond acceptors (Lipinski definition) is 5. The first-order valence-electron chi connectivity index (χ1n) is 7.44. The van der Waals surface area contributed by atoms with Gasteiger partial charge in [0, 0.05) is 25.0 Å². The van der Waals surface area contributed by atoms with Crippen molar-refractivity contribution in [1.82, 2.24) is 19.5 Å². The molecule has 1 saturated heterocycles. The van der Waals surface area contributed by atoms with Crippen molar-refractivity contribution in [1.29, 1.82) is 0 Å². The Morgan fingerprint density at radius 3 is 2.77 bits per heavy atom. The summed E-state index contributed by atoms with van der Waals surface area (Å²) in [6.07, 6.45) is 8.78. The highest BCUT2D eigenvalue weighted by Crippen LogP contribution is 2.26. The van der Waals surface area contributed by atoms with Crippen molar-refractivity contribution in [2.75, 3.05) is 11.4 Å². The molecule has 7 heteroatoms. The fraction of sp³-hybridized carbons (Fsp3) is 0.467. The van der Waals surface area contributed by atoms with Gasteiger partial charge in [-0.25, -0.2) is 9.97 Å². The van der Waals surface area contributed by atoms with Crippen molar-refractivity contribution in [2.45, 2.75) is 32.7 Å². The van der Waals surface area contributed by atoms with Crippen LogP contribution in [-0.4, -0.2) is 38.0 Å². The Hall–Kier alpha value is -2.44. The van der Waals surface area contributed by atoms with Gasteiger partial charge >= 0.3 is 0 Å². The standard InChI is InChI=1S/C15H20N6O/c1-10-3-4-12(15(16)22)9-21(10)14-8-17-7-13(19-14)20-6-5-18-11(20)2/h5-8,10,12H,3-4,9H2,1-2H3,(H2,16,22)/t10-,12-/m0/s1. The summed E-state index contributed by atoms with van der Waals surface area (Å²) in [4.78, 5) is 26.8. The zero-order chi connectivity index (χ0) is 15.7. The van der Waals surface area contributed by atoms with Gasteiger partial charge in [-0.1, -0.05) is 0 Å². The van der Waals surface area contributed by atoms with Gasteiger partial charge in [0.2, 0.25) is 5.91 Å². The van der Waals surface area contributed by atoms with Crippen LogP contribution in [0.4, 0.5) is 5.82 Å². The van der Waals surface area contributed by atoms with E-state index in [4.69, 9.17) is 5.73 Å². The number of aryl methyl sites for hydroxylation is 1. The third-order valence-corrected chi connectivity index (χ3v) is 4.26. The van der Waals surface area contributed by atoms with Crippen molar-refractivity contribution in [3.05, 3.63) is 30.6 Å². The Bertz CT molecular complexity index is 682. The summed E-state index contributed by atoms with van der Waals surface area (Å²) in [6, 6.07) is 0.309. The number of carbonyl (C=O) groups excluding carboxylic acids is 1. The average molecular weight is 300 g/mol. The highest BCUT2D eigenvalue weighted by Gasteiger charge is 2.29. The molecule has 0 aromatic carbocycles. The van der Waals surface area contributed by atoms with Crippen molar-refractivity contribution in [2.24, 2.45) is 11.7 Å². The maximum Gasteiger partial charge on any atom is 0.222 e. The molecule has 0 spiro atoms. The molecule has 1 fully saturated rings. The topological polar surface area (TPSA) is 89.9 Å². The summed E-state index contributed by atoms with van der Waals surface area (Å²) < 4.78 is 1.89. The number of anilines is 1. The van der Waals surface area contributed by atoms with Gasteiger partial charge in [-0.15, -0.1) is 0 Å². The lowest BCUT2D eigenvalue weighted by Gasteiger charge is -2.37. The number of carbonyl (C=O) groups is 1. The van der Waals surface area contributed by atoms with E-state index in [0.29, 0.717) is 12.6 Å². The maximum atomic E-state index is 11.5. The lowest BCUT2D eigenvalue weighted by atomic mass is 9.93. The Balaban J connectivity index is 1.91. The monoisotopic (exact) mass is 300 g/mol. The molecule has 1 aliphatic heterocycles. The molecule has 116 valence electrons. The van der Waals surface area contributed by atoms with Gasteiger partial charge in [-0.3, -0.25) is 14.3 Å². The van der Waals surface area contributed by atoms with Crippen LogP contribution in [0.5, 0.6) is 0 Å². The van der Waals surface area contributed by atoms with E-state index in [1.165, 1.54) is 0 Å². The average Bonchev–Trinajstić information content (AvgIpc) is 2.94. The van der Waals surface area contributed by atoms with Crippen LogP contribution in [0, 0.1) is 12.8 Å². The molecule has 3 heterocycles. The van der Waals surface area contributed by atoms with Crippen LogP contribution < -0.4 is 10.6 Å². The number of nitrogens with zero attached hydrogens (tertiary/aromatic N) is 5. The smallest absolute Gasteiger partial charge is 0.222 e. The maximum absolute atomic E-state index is 11.5. The molecule has 2 N–H and O–H groups in total. The van der Waals surface area contributed by atoms with E-state index in [-0.39, 0.29) is 11.8 Å². The van der Waals surface area contributed by atoms with Gasteiger partial charge in [0.25, 0.3) is 0 Å². The van der Waals surface area contributed by atoms with Crippen LogP contribution >= 0.6 is 0 Å². The number of aromatic nitrogens is 4. The normalized spacial score (nSPS) is 21.8. The first-order chi connectivity index (χ1) is 10.6. The van der Waals surface area contributed by atoms with Gasteiger partial charge in [-0.05, 0) is 26.7 Å². The third kappa shape index (κ3) is 2.66. The second kappa shape index (κ2) is 5.75. The molecule has 7 nitrogen and oxygen atoms in total. The molecule has 22 heavy (non-hydrogen) atoms. The van der Waals surface area contributed by atoms with Crippen molar-refractivity contribution in [3.8, 4) is 5.82 Å². The van der Waals surface area contributed by atoms with Gasteiger partial charge in [0.1, 0.15) is 11.6 Å². The Morgan fingerprint density at radius 2 is 2.09 bits per heavy atom. The first-order valence-corrected chi connectivity index (χ1v) is 7.44. The molecule has 0 saturated carbocycles. The number of nitrogens with two attached hydrogens (primary N) is 1. The van der Waals surface area contributed by atoms with E-state index in [1.807, 2.05) is 17.7 Å². The van der Waals surface area contributed by atoms with Gasteiger partial charge in [0.05, 0.1) is 18.3 Å². The fourth-order valence-electron chi connectivity index (χ4n) is 2.88. The summed E-state index contributed by atoms with van der Waals surface area (Å²) in [5.41, 5.74) is 5.47. The predicted octanol–water partition coefficient (Wildman–Crippen LogP) is 1.06. The zero-order valence-electron chi connectivity index (χ0n) is 12.8. The van der Waals surface area contributed by atoms with E-state index < -0.39 is 0 Å². The van der Waals surface area contributed by atoms with Crippen LogP contribution in [0.2, 0.25) is 0 Å². The van der Waals surface area contributed by atoms with Crippen molar-refractivity contribution in [3.63, 3.8) is 0 Å². The minimum absolute atomic E-state index is 0.128. The number of piperidine rings is 1. The highest BCUT2D eigenvalue weighted by molar-refractivity contribution is 5.77. The molecular weight excluding hydrogens is 280 g/mol. The van der Waals surface area contributed by atoms with E-state index in [9.17, 15) is 4.79 Å². The van der Waals surface area contributed by atoms with Crippen LogP contribution in [0.25, 0.3) is 5.82 Å². The lowest BCUT2D eigenvalue weighted by Crippen LogP contribution is -2.46. The first kappa shape index (κ1) is 14.5. The molecule has 1 amide bonds. The van der Waals surface area contributed by atoms with Crippen molar-refractivity contribution < 1.29 is 4.79 Å². The van der Waals surface area contributed by atoms with E-state index >= 15 is 0 Å². The molecule has 0 radical (unpaired) electrons. The quantitative estimate of drug-likeness (QED) is 0.915. The summed E-state index contributed by atoms with van der Waals surface area (Å²) >= 11 is 0. The molecule has 2 aromatic heterocycles. The summed E-state index contributed by atoms with van der Waals surface area (Å²) in [7, 11) is 0. The van der Waals surface area contributed by atoms with Crippen molar-refractivity contribution >= 4 is 11.7 Å². The second-order valence-corrected chi connectivity index (χ2v) is 5.76. The number of amides is 1. The molecule has 1 aliphatic rings. The minimum Gasteiger partial charge on any atom is -0.369 e. The fourth-order valence-corrected chi connectivity index (χ4v) is 2.88. The molecule has 0 aliphatic carbocycles. The third-order valence-electron chi connectivity index (χ3n) is 4.26. The van der Waals surface area contributed by atoms with Gasteiger partial charge in [0.15, 0.2) is 5.82 Å². The highest BCUT2D eigenvalue weighted by atomic mass is 16.1. The Kier molecular flexibility index (Phi) is 3.79. The van der Waals surface area contributed by atoms with E-state index in [2.05, 4.69) is 26.8 Å².